The number of ether oxygens (including phenoxy) is 1. The minimum Gasteiger partial charge on any atom is -0.484 e. The van der Waals surface area contributed by atoms with Gasteiger partial charge in [0.15, 0.2) is 12.4 Å². The van der Waals surface area contributed by atoms with Crippen LogP contribution in [0.15, 0.2) is 65.2 Å². The summed E-state index contributed by atoms with van der Waals surface area (Å²) >= 11 is 0. The SMILES string of the molecule is O=C(/C=C/c1ccc(OCc2nc(C3CCN(Cc4ccccc4)CC3)no2)cc1)NO. The van der Waals surface area contributed by atoms with Gasteiger partial charge in [0, 0.05) is 18.5 Å². The van der Waals surface area contributed by atoms with E-state index in [2.05, 4.69) is 39.3 Å². The van der Waals surface area contributed by atoms with Crippen LogP contribution in [0.4, 0.5) is 0 Å². The van der Waals surface area contributed by atoms with Gasteiger partial charge in [0.1, 0.15) is 5.75 Å². The van der Waals surface area contributed by atoms with Gasteiger partial charge in [-0.15, -0.1) is 0 Å². The highest BCUT2D eigenvalue weighted by Crippen LogP contribution is 2.27. The van der Waals surface area contributed by atoms with Crippen molar-refractivity contribution in [3.63, 3.8) is 0 Å². The van der Waals surface area contributed by atoms with E-state index < -0.39 is 5.91 Å². The number of piperidine rings is 1. The van der Waals surface area contributed by atoms with E-state index in [1.54, 1.807) is 35.8 Å². The Balaban J connectivity index is 1.24. The van der Waals surface area contributed by atoms with Crippen LogP contribution < -0.4 is 10.2 Å². The molecule has 1 fully saturated rings. The van der Waals surface area contributed by atoms with Gasteiger partial charge in [-0.3, -0.25) is 14.9 Å². The molecular weight excluding hydrogens is 408 g/mol. The van der Waals surface area contributed by atoms with E-state index in [1.807, 2.05) is 6.07 Å². The Morgan fingerprint density at radius 1 is 1.16 bits per heavy atom. The molecule has 1 amide bonds. The molecule has 0 spiro atoms. The van der Waals surface area contributed by atoms with Crippen LogP contribution in [0.5, 0.6) is 5.75 Å². The fourth-order valence-corrected chi connectivity index (χ4v) is 3.71. The lowest BCUT2D eigenvalue weighted by Gasteiger charge is -2.30. The molecule has 0 aliphatic carbocycles. The van der Waals surface area contributed by atoms with Crippen LogP contribution in [0.2, 0.25) is 0 Å². The van der Waals surface area contributed by atoms with Gasteiger partial charge in [-0.05, 0) is 55.3 Å². The Morgan fingerprint density at radius 2 is 1.91 bits per heavy atom. The summed E-state index contributed by atoms with van der Waals surface area (Å²) in [4.78, 5) is 18.0. The fourth-order valence-electron chi connectivity index (χ4n) is 3.71. The van der Waals surface area contributed by atoms with Gasteiger partial charge in [-0.1, -0.05) is 47.6 Å². The van der Waals surface area contributed by atoms with Gasteiger partial charge in [-0.2, -0.15) is 4.98 Å². The molecule has 1 aliphatic heterocycles. The second-order valence-corrected chi connectivity index (χ2v) is 7.75. The maximum atomic E-state index is 11.0. The van der Waals surface area contributed by atoms with Crippen LogP contribution in [-0.4, -0.2) is 39.2 Å². The number of hydrogen-bond donors (Lipinski definition) is 2. The molecule has 0 atom stereocenters. The molecule has 4 rings (SSSR count). The lowest BCUT2D eigenvalue weighted by Crippen LogP contribution is -2.32. The average Bonchev–Trinajstić information content (AvgIpc) is 3.32. The first-order valence-electron chi connectivity index (χ1n) is 10.6. The summed E-state index contributed by atoms with van der Waals surface area (Å²) in [7, 11) is 0. The summed E-state index contributed by atoms with van der Waals surface area (Å²) in [5.74, 6) is 1.59. The molecule has 0 bridgehead atoms. The van der Waals surface area contributed by atoms with E-state index in [4.69, 9.17) is 14.5 Å². The Kier molecular flexibility index (Phi) is 7.27. The number of amides is 1. The second kappa shape index (κ2) is 10.7. The molecule has 8 nitrogen and oxygen atoms in total. The van der Waals surface area contributed by atoms with Crippen LogP contribution in [-0.2, 0) is 17.9 Å². The van der Waals surface area contributed by atoms with Crippen molar-refractivity contribution in [1.29, 1.82) is 0 Å². The molecule has 1 aliphatic rings. The van der Waals surface area contributed by atoms with Crippen LogP contribution in [0.3, 0.4) is 0 Å². The van der Waals surface area contributed by atoms with Crippen LogP contribution in [0.25, 0.3) is 6.08 Å². The zero-order chi connectivity index (χ0) is 22.2. The van der Waals surface area contributed by atoms with E-state index in [0.29, 0.717) is 17.6 Å². The number of aromatic nitrogens is 2. The molecule has 0 unspecified atom stereocenters. The second-order valence-electron chi connectivity index (χ2n) is 7.75. The molecule has 2 heterocycles. The highest BCUT2D eigenvalue weighted by molar-refractivity contribution is 5.90. The van der Waals surface area contributed by atoms with Crippen LogP contribution >= 0.6 is 0 Å². The third kappa shape index (κ3) is 6.03. The Bertz CT molecular complexity index is 1030. The molecule has 2 aromatic carbocycles. The lowest BCUT2D eigenvalue weighted by molar-refractivity contribution is -0.124. The highest BCUT2D eigenvalue weighted by atomic mass is 16.5. The normalized spacial score (nSPS) is 15.2. The molecular formula is C24H26N4O4. The summed E-state index contributed by atoms with van der Waals surface area (Å²) < 4.78 is 11.1. The Hall–Kier alpha value is -3.49. The van der Waals surface area contributed by atoms with Crippen molar-refractivity contribution >= 4 is 12.0 Å². The topological polar surface area (TPSA) is 101 Å². The predicted molar refractivity (Wildman–Crippen MR) is 118 cm³/mol. The molecule has 166 valence electrons. The van der Waals surface area contributed by atoms with E-state index in [9.17, 15) is 4.79 Å². The van der Waals surface area contributed by atoms with Crippen molar-refractivity contribution < 1.29 is 19.3 Å². The first-order valence-corrected chi connectivity index (χ1v) is 10.6. The fraction of sp³-hybridized carbons (Fsp3) is 0.292. The van der Waals surface area contributed by atoms with Gasteiger partial charge in [0.05, 0.1) is 0 Å². The largest absolute Gasteiger partial charge is 0.484 e. The zero-order valence-electron chi connectivity index (χ0n) is 17.7. The van der Waals surface area contributed by atoms with E-state index in [1.165, 1.54) is 11.6 Å². The monoisotopic (exact) mass is 434 g/mol. The quantitative estimate of drug-likeness (QED) is 0.318. The summed E-state index contributed by atoms with van der Waals surface area (Å²) in [5.41, 5.74) is 3.69. The molecule has 32 heavy (non-hydrogen) atoms. The number of carbonyl (C=O) groups excluding carboxylic acids is 1. The van der Waals surface area contributed by atoms with Crippen molar-refractivity contribution in [2.75, 3.05) is 13.1 Å². The first-order chi connectivity index (χ1) is 15.7. The van der Waals surface area contributed by atoms with E-state index in [0.717, 1.165) is 43.9 Å². The number of carbonyl (C=O) groups is 1. The van der Waals surface area contributed by atoms with Crippen LogP contribution in [0.1, 0.15) is 41.6 Å². The van der Waals surface area contributed by atoms with Gasteiger partial charge in [0.2, 0.25) is 0 Å². The number of benzene rings is 2. The van der Waals surface area contributed by atoms with E-state index >= 15 is 0 Å². The predicted octanol–water partition coefficient (Wildman–Crippen LogP) is 3.55. The van der Waals surface area contributed by atoms with Crippen molar-refractivity contribution in [3.8, 4) is 5.75 Å². The molecule has 2 N–H and O–H groups in total. The molecule has 1 aromatic heterocycles. The van der Waals surface area contributed by atoms with Crippen molar-refractivity contribution in [3.05, 3.63) is 83.5 Å². The number of hydroxylamine groups is 1. The summed E-state index contributed by atoms with van der Waals surface area (Å²) in [5, 5.41) is 12.7. The minimum atomic E-state index is -0.584. The lowest BCUT2D eigenvalue weighted by atomic mass is 9.96. The summed E-state index contributed by atoms with van der Waals surface area (Å²) in [6.45, 7) is 3.20. The summed E-state index contributed by atoms with van der Waals surface area (Å²) in [6.07, 6.45) is 4.85. The summed E-state index contributed by atoms with van der Waals surface area (Å²) in [6, 6.07) is 17.7. The van der Waals surface area contributed by atoms with Gasteiger partial charge in [-0.25, -0.2) is 5.48 Å². The van der Waals surface area contributed by atoms with Crippen molar-refractivity contribution in [1.82, 2.24) is 20.5 Å². The van der Waals surface area contributed by atoms with Crippen molar-refractivity contribution in [2.45, 2.75) is 31.9 Å². The molecule has 0 saturated carbocycles. The number of nitrogens with one attached hydrogen (secondary N) is 1. The number of hydrogen-bond acceptors (Lipinski definition) is 7. The molecule has 3 aromatic rings. The molecule has 0 radical (unpaired) electrons. The third-order valence-electron chi connectivity index (χ3n) is 5.47. The first kappa shape index (κ1) is 21.7. The maximum absolute atomic E-state index is 11.0. The third-order valence-corrected chi connectivity index (χ3v) is 5.47. The number of likely N-dealkylation sites (tertiary alicyclic amines) is 1. The number of nitrogens with zero attached hydrogens (tertiary/aromatic N) is 3. The highest BCUT2D eigenvalue weighted by Gasteiger charge is 2.24. The maximum Gasteiger partial charge on any atom is 0.267 e. The Labute approximate surface area is 186 Å². The standard InChI is InChI=1S/C24H26N4O4/c29-22(26-30)11-8-18-6-9-21(10-7-18)31-17-23-25-24(27-32-23)20-12-14-28(15-13-20)16-19-4-2-1-3-5-19/h1-11,20,30H,12-17H2,(H,26,29)/b11-8+. The average molecular weight is 434 g/mol. The smallest absolute Gasteiger partial charge is 0.267 e. The molecule has 8 heteroatoms. The zero-order valence-corrected chi connectivity index (χ0v) is 17.7. The van der Waals surface area contributed by atoms with Crippen LogP contribution in [0, 0.1) is 0 Å². The molecule has 1 saturated heterocycles. The minimum absolute atomic E-state index is 0.196. The van der Waals surface area contributed by atoms with Crippen molar-refractivity contribution in [2.24, 2.45) is 0 Å². The van der Waals surface area contributed by atoms with Gasteiger partial charge in [0.25, 0.3) is 11.8 Å². The Morgan fingerprint density at radius 3 is 2.62 bits per heavy atom. The van der Waals surface area contributed by atoms with Gasteiger partial charge < -0.3 is 9.26 Å². The van der Waals surface area contributed by atoms with Gasteiger partial charge >= 0.3 is 0 Å². The van der Waals surface area contributed by atoms with E-state index in [-0.39, 0.29) is 6.61 Å². The number of rotatable bonds is 8.